The van der Waals surface area contributed by atoms with Crippen LogP contribution in [0.5, 0.6) is 0 Å². The van der Waals surface area contributed by atoms with E-state index in [0.29, 0.717) is 24.6 Å². The third-order valence-electron chi connectivity index (χ3n) is 5.23. The van der Waals surface area contributed by atoms with E-state index in [1.165, 1.54) is 11.1 Å². The summed E-state index contributed by atoms with van der Waals surface area (Å²) < 4.78 is 3.13. The highest BCUT2D eigenvalue weighted by molar-refractivity contribution is 9.10. The van der Waals surface area contributed by atoms with Crippen LogP contribution in [0.3, 0.4) is 0 Å². The Bertz CT molecular complexity index is 1160. The van der Waals surface area contributed by atoms with Gasteiger partial charge in [-0.2, -0.15) is 0 Å². The summed E-state index contributed by atoms with van der Waals surface area (Å²) >= 11 is 3.40. The van der Waals surface area contributed by atoms with Gasteiger partial charge in [0.15, 0.2) is 0 Å². The number of para-hydroxylation sites is 2. The third-order valence-corrected chi connectivity index (χ3v) is 5.76. The summed E-state index contributed by atoms with van der Waals surface area (Å²) in [7, 11) is 0. The summed E-state index contributed by atoms with van der Waals surface area (Å²) in [5.74, 6) is 1.24. The summed E-state index contributed by atoms with van der Waals surface area (Å²) in [5, 5.41) is 3.01. The second-order valence-electron chi connectivity index (χ2n) is 7.69. The van der Waals surface area contributed by atoms with E-state index in [1.807, 2.05) is 30.3 Å². The fraction of sp³-hybridized carbons (Fsp3) is 0.200. The topological polar surface area (TPSA) is 46.9 Å². The van der Waals surface area contributed by atoms with Crippen molar-refractivity contribution in [1.82, 2.24) is 14.9 Å². The van der Waals surface area contributed by atoms with Gasteiger partial charge in [0.25, 0.3) is 5.91 Å². The number of rotatable bonds is 6. The molecule has 1 amide bonds. The molecular weight excluding hydrogens is 438 g/mol. The number of hydrogen-bond acceptors (Lipinski definition) is 2. The molecular formula is C25H24BrN3O. The molecule has 0 spiro atoms. The van der Waals surface area contributed by atoms with Gasteiger partial charge in [0.05, 0.1) is 17.6 Å². The number of carbonyl (C=O) groups is 1. The van der Waals surface area contributed by atoms with Gasteiger partial charge >= 0.3 is 0 Å². The second kappa shape index (κ2) is 8.84. The summed E-state index contributed by atoms with van der Waals surface area (Å²) in [6.07, 6.45) is 0. The Morgan fingerprint density at radius 1 is 1.00 bits per heavy atom. The molecule has 4 nitrogen and oxygen atoms in total. The Morgan fingerprint density at radius 3 is 2.40 bits per heavy atom. The van der Waals surface area contributed by atoms with Gasteiger partial charge in [0.1, 0.15) is 5.82 Å². The predicted octanol–water partition coefficient (Wildman–Crippen LogP) is 5.90. The first-order valence-electron chi connectivity index (χ1n) is 10.1. The van der Waals surface area contributed by atoms with Crippen LogP contribution < -0.4 is 5.32 Å². The molecule has 1 N–H and O–H groups in total. The first-order valence-corrected chi connectivity index (χ1v) is 10.9. The van der Waals surface area contributed by atoms with Crippen molar-refractivity contribution in [1.29, 1.82) is 0 Å². The van der Waals surface area contributed by atoms with Crippen LogP contribution in [0.25, 0.3) is 11.0 Å². The third kappa shape index (κ3) is 4.46. The van der Waals surface area contributed by atoms with Crippen LogP contribution in [-0.4, -0.2) is 15.5 Å². The molecule has 0 unspecified atom stereocenters. The molecule has 4 aromatic rings. The minimum absolute atomic E-state index is 0.109. The minimum Gasteiger partial charge on any atom is -0.345 e. The standard InChI is InChI=1S/C25H24BrN3O/c1-17(2)19-9-7-18(8-10-19)16-29-23-6-4-3-5-22(23)28-24(29)15-27-25(30)20-11-13-21(26)14-12-20/h3-14,17H,15-16H2,1-2H3,(H,27,30). The fourth-order valence-electron chi connectivity index (χ4n) is 3.49. The van der Waals surface area contributed by atoms with Crippen LogP contribution in [0, 0.1) is 0 Å². The lowest BCUT2D eigenvalue weighted by molar-refractivity contribution is 0.0949. The van der Waals surface area contributed by atoms with Crippen molar-refractivity contribution in [2.75, 3.05) is 0 Å². The summed E-state index contributed by atoms with van der Waals surface area (Å²) in [5.41, 5.74) is 5.17. The molecule has 0 radical (unpaired) electrons. The maximum absolute atomic E-state index is 12.6. The number of carbonyl (C=O) groups excluding carboxylic acids is 1. The van der Waals surface area contributed by atoms with E-state index in [0.717, 1.165) is 21.3 Å². The van der Waals surface area contributed by atoms with E-state index >= 15 is 0 Å². The molecule has 3 aromatic carbocycles. The molecule has 0 fully saturated rings. The molecule has 4 rings (SSSR count). The van der Waals surface area contributed by atoms with Gasteiger partial charge in [-0.25, -0.2) is 4.98 Å². The van der Waals surface area contributed by atoms with Crippen molar-refractivity contribution in [2.24, 2.45) is 0 Å². The quantitative estimate of drug-likeness (QED) is 0.388. The van der Waals surface area contributed by atoms with Gasteiger partial charge < -0.3 is 9.88 Å². The fourth-order valence-corrected chi connectivity index (χ4v) is 3.75. The zero-order chi connectivity index (χ0) is 21.1. The molecule has 0 aliphatic rings. The van der Waals surface area contributed by atoms with Gasteiger partial charge in [0, 0.05) is 16.6 Å². The first-order chi connectivity index (χ1) is 14.5. The Hall–Kier alpha value is -2.92. The highest BCUT2D eigenvalue weighted by Crippen LogP contribution is 2.20. The number of amides is 1. The van der Waals surface area contributed by atoms with Crippen molar-refractivity contribution in [3.8, 4) is 0 Å². The summed E-state index contributed by atoms with van der Waals surface area (Å²) in [6, 6.07) is 24.2. The Balaban J connectivity index is 1.58. The predicted molar refractivity (Wildman–Crippen MR) is 125 cm³/mol. The summed E-state index contributed by atoms with van der Waals surface area (Å²) in [6.45, 7) is 5.48. The molecule has 0 saturated carbocycles. The zero-order valence-corrected chi connectivity index (χ0v) is 18.7. The van der Waals surface area contributed by atoms with Crippen molar-refractivity contribution >= 4 is 32.9 Å². The SMILES string of the molecule is CC(C)c1ccc(Cn2c(CNC(=O)c3ccc(Br)cc3)nc3ccccc32)cc1. The van der Waals surface area contributed by atoms with Gasteiger partial charge in [-0.3, -0.25) is 4.79 Å². The van der Waals surface area contributed by atoms with E-state index in [1.54, 1.807) is 12.1 Å². The van der Waals surface area contributed by atoms with E-state index in [2.05, 4.69) is 70.0 Å². The zero-order valence-electron chi connectivity index (χ0n) is 17.1. The molecule has 0 saturated heterocycles. The average Bonchev–Trinajstić information content (AvgIpc) is 3.10. The van der Waals surface area contributed by atoms with Crippen molar-refractivity contribution < 1.29 is 4.79 Å². The molecule has 152 valence electrons. The number of benzene rings is 3. The number of nitrogens with zero attached hydrogens (tertiary/aromatic N) is 2. The first kappa shape index (κ1) is 20.4. The lowest BCUT2D eigenvalue weighted by atomic mass is 10.0. The number of nitrogens with one attached hydrogen (secondary N) is 1. The molecule has 1 heterocycles. The van der Waals surface area contributed by atoms with E-state index in [-0.39, 0.29) is 5.91 Å². The molecule has 0 aliphatic carbocycles. The largest absolute Gasteiger partial charge is 0.345 e. The molecule has 0 atom stereocenters. The molecule has 0 aliphatic heterocycles. The highest BCUT2D eigenvalue weighted by Gasteiger charge is 2.13. The highest BCUT2D eigenvalue weighted by atomic mass is 79.9. The Kier molecular flexibility index (Phi) is 6.00. The number of hydrogen-bond donors (Lipinski definition) is 1. The van der Waals surface area contributed by atoms with Gasteiger partial charge in [0.2, 0.25) is 0 Å². The lowest BCUT2D eigenvalue weighted by Crippen LogP contribution is -2.24. The van der Waals surface area contributed by atoms with E-state index in [4.69, 9.17) is 4.98 Å². The smallest absolute Gasteiger partial charge is 0.251 e. The average molecular weight is 462 g/mol. The van der Waals surface area contributed by atoms with Gasteiger partial charge in [-0.1, -0.05) is 66.2 Å². The summed E-state index contributed by atoms with van der Waals surface area (Å²) in [4.78, 5) is 17.3. The number of halogens is 1. The van der Waals surface area contributed by atoms with Crippen LogP contribution in [0.15, 0.2) is 77.3 Å². The monoisotopic (exact) mass is 461 g/mol. The molecule has 1 aromatic heterocycles. The number of imidazole rings is 1. The van der Waals surface area contributed by atoms with Gasteiger partial charge in [-0.05, 0) is 53.4 Å². The van der Waals surface area contributed by atoms with E-state index < -0.39 is 0 Å². The normalized spacial score (nSPS) is 11.2. The molecule has 0 bridgehead atoms. The second-order valence-corrected chi connectivity index (χ2v) is 8.60. The maximum Gasteiger partial charge on any atom is 0.251 e. The van der Waals surface area contributed by atoms with Crippen LogP contribution in [0.2, 0.25) is 0 Å². The number of fused-ring (bicyclic) bond motifs is 1. The van der Waals surface area contributed by atoms with Crippen LogP contribution in [-0.2, 0) is 13.1 Å². The lowest BCUT2D eigenvalue weighted by Gasteiger charge is -2.12. The number of aromatic nitrogens is 2. The minimum atomic E-state index is -0.109. The Morgan fingerprint density at radius 2 is 1.70 bits per heavy atom. The Labute approximate surface area is 185 Å². The van der Waals surface area contributed by atoms with Crippen molar-refractivity contribution in [3.63, 3.8) is 0 Å². The molecule has 5 heteroatoms. The van der Waals surface area contributed by atoms with Gasteiger partial charge in [-0.15, -0.1) is 0 Å². The maximum atomic E-state index is 12.6. The van der Waals surface area contributed by atoms with Crippen molar-refractivity contribution in [2.45, 2.75) is 32.9 Å². The molecule has 30 heavy (non-hydrogen) atoms. The van der Waals surface area contributed by atoms with E-state index in [9.17, 15) is 4.79 Å². The van der Waals surface area contributed by atoms with Crippen LogP contribution in [0.1, 0.15) is 47.1 Å². The van der Waals surface area contributed by atoms with Crippen LogP contribution in [0.4, 0.5) is 0 Å². The van der Waals surface area contributed by atoms with Crippen LogP contribution >= 0.6 is 15.9 Å². The van der Waals surface area contributed by atoms with Crippen molar-refractivity contribution in [3.05, 3.63) is 99.8 Å².